The SMILES string of the molecule is CC(C)(C(=O)Nc1ccccc1Cl)n1nc(-c2ccccc2)ccc1=O. The molecule has 3 rings (SSSR count). The van der Waals surface area contributed by atoms with E-state index in [0.717, 1.165) is 5.56 Å². The zero-order valence-corrected chi connectivity index (χ0v) is 15.2. The normalized spacial score (nSPS) is 11.2. The predicted octanol–water partition coefficient (Wildman–Crippen LogP) is 3.94. The molecular formula is C20H18ClN3O2. The lowest BCUT2D eigenvalue weighted by Crippen LogP contribution is -2.47. The first kappa shape index (κ1) is 17.9. The molecule has 0 aliphatic carbocycles. The van der Waals surface area contributed by atoms with Gasteiger partial charge in [0.25, 0.3) is 11.5 Å². The summed E-state index contributed by atoms with van der Waals surface area (Å²) < 4.78 is 1.20. The van der Waals surface area contributed by atoms with Gasteiger partial charge in [-0.2, -0.15) is 5.10 Å². The van der Waals surface area contributed by atoms with E-state index in [9.17, 15) is 9.59 Å². The van der Waals surface area contributed by atoms with Crippen LogP contribution in [0.15, 0.2) is 71.5 Å². The summed E-state index contributed by atoms with van der Waals surface area (Å²) in [5.41, 5.74) is 0.400. The molecule has 0 atom stereocenters. The second-order valence-electron chi connectivity index (χ2n) is 6.33. The smallest absolute Gasteiger partial charge is 0.267 e. The number of carbonyl (C=O) groups excluding carboxylic acids is 1. The Morgan fingerprint density at radius 3 is 2.35 bits per heavy atom. The van der Waals surface area contributed by atoms with E-state index in [1.54, 1.807) is 44.2 Å². The van der Waals surface area contributed by atoms with Gasteiger partial charge in [0.1, 0.15) is 5.54 Å². The van der Waals surface area contributed by atoms with Crippen molar-refractivity contribution >= 4 is 23.2 Å². The van der Waals surface area contributed by atoms with E-state index >= 15 is 0 Å². The van der Waals surface area contributed by atoms with Crippen molar-refractivity contribution in [2.45, 2.75) is 19.4 Å². The van der Waals surface area contributed by atoms with Gasteiger partial charge in [0.15, 0.2) is 0 Å². The lowest BCUT2D eigenvalue weighted by atomic mass is 10.0. The third-order valence-electron chi connectivity index (χ3n) is 4.08. The highest BCUT2D eigenvalue weighted by Crippen LogP contribution is 2.24. The van der Waals surface area contributed by atoms with Crippen LogP contribution in [-0.4, -0.2) is 15.7 Å². The molecule has 6 heteroatoms. The maximum atomic E-state index is 12.8. The van der Waals surface area contributed by atoms with E-state index in [-0.39, 0.29) is 11.5 Å². The lowest BCUT2D eigenvalue weighted by Gasteiger charge is -2.25. The second-order valence-corrected chi connectivity index (χ2v) is 6.73. The standard InChI is InChI=1S/C20H18ClN3O2/c1-20(2,19(26)22-17-11-7-6-10-15(17)21)24-18(25)13-12-16(23-24)14-8-4-3-5-9-14/h3-13H,1-2H3,(H,22,26). The van der Waals surface area contributed by atoms with Crippen molar-refractivity contribution in [3.63, 3.8) is 0 Å². The van der Waals surface area contributed by atoms with Crippen molar-refractivity contribution in [1.82, 2.24) is 9.78 Å². The molecule has 0 bridgehead atoms. The predicted molar refractivity (Wildman–Crippen MR) is 103 cm³/mol. The van der Waals surface area contributed by atoms with Crippen molar-refractivity contribution < 1.29 is 4.79 Å². The maximum Gasteiger partial charge on any atom is 0.267 e. The van der Waals surface area contributed by atoms with E-state index < -0.39 is 5.54 Å². The van der Waals surface area contributed by atoms with E-state index in [4.69, 9.17) is 11.6 Å². The first-order valence-electron chi connectivity index (χ1n) is 8.12. The first-order valence-corrected chi connectivity index (χ1v) is 8.49. The minimum absolute atomic E-state index is 0.357. The largest absolute Gasteiger partial charge is 0.323 e. The van der Waals surface area contributed by atoms with Crippen LogP contribution in [0.5, 0.6) is 0 Å². The fourth-order valence-corrected chi connectivity index (χ4v) is 2.69. The van der Waals surface area contributed by atoms with Gasteiger partial charge in [-0.05, 0) is 32.0 Å². The number of carbonyl (C=O) groups is 1. The summed E-state index contributed by atoms with van der Waals surface area (Å²) in [6, 6.07) is 19.5. The van der Waals surface area contributed by atoms with Crippen LogP contribution in [-0.2, 0) is 10.3 Å². The monoisotopic (exact) mass is 367 g/mol. The minimum Gasteiger partial charge on any atom is -0.323 e. The zero-order chi connectivity index (χ0) is 18.7. The van der Waals surface area contributed by atoms with Gasteiger partial charge >= 0.3 is 0 Å². The number of aromatic nitrogens is 2. The Labute approximate surface area is 156 Å². The number of halogens is 1. The molecule has 132 valence electrons. The fourth-order valence-electron chi connectivity index (χ4n) is 2.51. The molecule has 0 unspecified atom stereocenters. The third kappa shape index (κ3) is 3.53. The van der Waals surface area contributed by atoms with Crippen LogP contribution in [0.25, 0.3) is 11.3 Å². The Bertz CT molecular complexity index is 997. The summed E-state index contributed by atoms with van der Waals surface area (Å²) in [5.74, 6) is -0.384. The molecule has 3 aromatic rings. The maximum absolute atomic E-state index is 12.8. The van der Waals surface area contributed by atoms with Gasteiger partial charge in [-0.25, -0.2) is 4.68 Å². The molecule has 0 saturated carbocycles. The van der Waals surface area contributed by atoms with Crippen LogP contribution in [0.4, 0.5) is 5.69 Å². The lowest BCUT2D eigenvalue weighted by molar-refractivity contribution is -0.123. The molecule has 1 heterocycles. The van der Waals surface area contributed by atoms with Crippen LogP contribution >= 0.6 is 11.6 Å². The van der Waals surface area contributed by atoms with Crippen LogP contribution in [0.3, 0.4) is 0 Å². The Balaban J connectivity index is 1.97. The van der Waals surface area contributed by atoms with E-state index in [0.29, 0.717) is 16.4 Å². The van der Waals surface area contributed by atoms with Gasteiger partial charge in [-0.3, -0.25) is 9.59 Å². The van der Waals surface area contributed by atoms with Gasteiger partial charge in [-0.15, -0.1) is 0 Å². The number of hydrogen-bond donors (Lipinski definition) is 1. The highest BCUT2D eigenvalue weighted by Gasteiger charge is 2.32. The van der Waals surface area contributed by atoms with Crippen molar-refractivity contribution in [3.05, 3.63) is 82.1 Å². The number of anilines is 1. The average Bonchev–Trinajstić information content (AvgIpc) is 2.64. The molecule has 0 radical (unpaired) electrons. The Kier molecular flexibility index (Phi) is 4.91. The van der Waals surface area contributed by atoms with Gasteiger partial charge in [0.2, 0.25) is 0 Å². The highest BCUT2D eigenvalue weighted by molar-refractivity contribution is 6.33. The number of amides is 1. The summed E-state index contributed by atoms with van der Waals surface area (Å²) in [7, 11) is 0. The van der Waals surface area contributed by atoms with Gasteiger partial charge in [0, 0.05) is 11.6 Å². The van der Waals surface area contributed by atoms with Gasteiger partial charge in [-0.1, -0.05) is 54.1 Å². The summed E-state index contributed by atoms with van der Waals surface area (Å²) in [6.07, 6.45) is 0. The minimum atomic E-state index is -1.21. The molecule has 0 saturated heterocycles. The number of hydrogen-bond acceptors (Lipinski definition) is 3. The van der Waals surface area contributed by atoms with Crippen LogP contribution in [0.2, 0.25) is 5.02 Å². The molecule has 26 heavy (non-hydrogen) atoms. The fraction of sp³-hybridized carbons (Fsp3) is 0.150. The molecule has 0 fully saturated rings. The molecule has 0 aliphatic rings. The van der Waals surface area contributed by atoms with Crippen molar-refractivity contribution in [2.24, 2.45) is 0 Å². The summed E-state index contributed by atoms with van der Waals surface area (Å²) in [5, 5.41) is 7.60. The Hall–Kier alpha value is -2.92. The molecule has 1 aromatic heterocycles. The van der Waals surface area contributed by atoms with Crippen LogP contribution < -0.4 is 10.9 Å². The first-order chi connectivity index (χ1) is 12.4. The second kappa shape index (κ2) is 7.14. The van der Waals surface area contributed by atoms with Crippen molar-refractivity contribution in [3.8, 4) is 11.3 Å². The molecule has 5 nitrogen and oxygen atoms in total. The van der Waals surface area contributed by atoms with E-state index in [1.165, 1.54) is 10.7 Å². The van der Waals surface area contributed by atoms with Gasteiger partial charge < -0.3 is 5.32 Å². The number of rotatable bonds is 4. The number of nitrogens with one attached hydrogen (secondary N) is 1. The summed E-state index contributed by atoms with van der Waals surface area (Å²) >= 11 is 6.10. The van der Waals surface area contributed by atoms with Crippen LogP contribution in [0.1, 0.15) is 13.8 Å². The van der Waals surface area contributed by atoms with Gasteiger partial charge in [0.05, 0.1) is 16.4 Å². The molecular weight excluding hydrogens is 350 g/mol. The zero-order valence-electron chi connectivity index (χ0n) is 14.4. The average molecular weight is 368 g/mol. The summed E-state index contributed by atoms with van der Waals surface area (Å²) in [6.45, 7) is 3.28. The van der Waals surface area contributed by atoms with Crippen LogP contribution in [0, 0.1) is 0 Å². The Morgan fingerprint density at radius 2 is 1.65 bits per heavy atom. The third-order valence-corrected chi connectivity index (χ3v) is 4.41. The number of benzene rings is 2. The molecule has 2 aromatic carbocycles. The van der Waals surface area contributed by atoms with Crippen molar-refractivity contribution in [1.29, 1.82) is 0 Å². The highest BCUT2D eigenvalue weighted by atomic mass is 35.5. The molecule has 0 spiro atoms. The molecule has 0 aliphatic heterocycles. The molecule has 1 N–H and O–H groups in total. The topological polar surface area (TPSA) is 64.0 Å². The van der Waals surface area contributed by atoms with E-state index in [1.807, 2.05) is 30.3 Å². The summed E-state index contributed by atoms with van der Waals surface area (Å²) in [4.78, 5) is 25.2. The van der Waals surface area contributed by atoms with E-state index in [2.05, 4.69) is 10.4 Å². The molecule has 1 amide bonds. The van der Waals surface area contributed by atoms with Crippen molar-refractivity contribution in [2.75, 3.05) is 5.32 Å². The number of nitrogens with zero attached hydrogens (tertiary/aromatic N) is 2. The number of para-hydroxylation sites is 1. The Morgan fingerprint density at radius 1 is 1.00 bits per heavy atom. The quantitative estimate of drug-likeness (QED) is 0.759.